The standard InChI is InChI=1S/C21H19N5O2/c1-14-11-19(9-10-22-14)28-18-6-3-16(4-7-18)24-21(27)25-17-5-8-20-15(12-17)13-23-26(20)2/h3-13H,1-2H3,(H2,24,25,27). The summed E-state index contributed by atoms with van der Waals surface area (Å²) in [4.78, 5) is 16.4. The number of benzene rings is 2. The van der Waals surface area contributed by atoms with E-state index in [1.165, 1.54) is 0 Å². The van der Waals surface area contributed by atoms with Crippen LogP contribution in [-0.4, -0.2) is 20.8 Å². The zero-order valence-corrected chi connectivity index (χ0v) is 15.5. The van der Waals surface area contributed by atoms with E-state index in [1.807, 2.05) is 38.2 Å². The van der Waals surface area contributed by atoms with E-state index in [1.54, 1.807) is 47.4 Å². The number of fused-ring (bicyclic) bond motifs is 1. The fourth-order valence-electron chi connectivity index (χ4n) is 2.86. The number of ether oxygens (including phenoxy) is 1. The van der Waals surface area contributed by atoms with E-state index in [4.69, 9.17) is 4.74 Å². The Balaban J connectivity index is 1.38. The maximum absolute atomic E-state index is 12.3. The zero-order valence-electron chi connectivity index (χ0n) is 15.5. The highest BCUT2D eigenvalue weighted by Crippen LogP contribution is 2.23. The van der Waals surface area contributed by atoms with Crippen molar-refractivity contribution in [1.29, 1.82) is 0 Å². The lowest BCUT2D eigenvalue weighted by atomic mass is 10.2. The van der Waals surface area contributed by atoms with Crippen LogP contribution in [0.4, 0.5) is 16.2 Å². The number of hydrogen-bond acceptors (Lipinski definition) is 4. The summed E-state index contributed by atoms with van der Waals surface area (Å²) in [5, 5.41) is 10.8. The number of nitrogens with one attached hydrogen (secondary N) is 2. The van der Waals surface area contributed by atoms with Crippen LogP contribution in [0, 0.1) is 6.92 Å². The number of carbonyl (C=O) groups is 1. The van der Waals surface area contributed by atoms with Gasteiger partial charge in [-0.1, -0.05) is 0 Å². The first-order chi connectivity index (χ1) is 13.6. The molecule has 2 heterocycles. The van der Waals surface area contributed by atoms with Crippen molar-refractivity contribution in [3.63, 3.8) is 0 Å². The minimum atomic E-state index is -0.318. The van der Waals surface area contributed by atoms with Crippen molar-refractivity contribution in [2.45, 2.75) is 6.92 Å². The van der Waals surface area contributed by atoms with Crippen molar-refractivity contribution >= 4 is 28.3 Å². The molecule has 28 heavy (non-hydrogen) atoms. The first-order valence-corrected chi connectivity index (χ1v) is 8.77. The third kappa shape index (κ3) is 3.93. The van der Waals surface area contributed by atoms with Crippen molar-refractivity contribution in [2.75, 3.05) is 10.6 Å². The molecule has 0 saturated carbocycles. The van der Waals surface area contributed by atoms with Crippen LogP contribution in [0.1, 0.15) is 5.69 Å². The second-order valence-electron chi connectivity index (χ2n) is 6.38. The summed E-state index contributed by atoms with van der Waals surface area (Å²) in [6, 6.07) is 16.2. The Bertz CT molecular complexity index is 1140. The van der Waals surface area contributed by atoms with Gasteiger partial charge in [-0.25, -0.2) is 4.79 Å². The highest BCUT2D eigenvalue weighted by molar-refractivity contribution is 6.00. The van der Waals surface area contributed by atoms with Crippen molar-refractivity contribution < 1.29 is 9.53 Å². The molecule has 7 nitrogen and oxygen atoms in total. The highest BCUT2D eigenvalue weighted by atomic mass is 16.5. The molecule has 4 rings (SSSR count). The van der Waals surface area contributed by atoms with Crippen LogP contribution in [0.3, 0.4) is 0 Å². The average molecular weight is 373 g/mol. The maximum atomic E-state index is 12.3. The molecular weight excluding hydrogens is 354 g/mol. The van der Waals surface area contributed by atoms with Crippen LogP contribution in [0.15, 0.2) is 67.0 Å². The first kappa shape index (κ1) is 17.5. The molecule has 0 radical (unpaired) electrons. The molecule has 0 fully saturated rings. The molecule has 4 aromatic rings. The summed E-state index contributed by atoms with van der Waals surface area (Å²) in [5.41, 5.74) is 3.26. The van der Waals surface area contributed by atoms with Gasteiger partial charge in [-0.15, -0.1) is 0 Å². The maximum Gasteiger partial charge on any atom is 0.323 e. The van der Waals surface area contributed by atoms with Gasteiger partial charge in [-0.3, -0.25) is 9.67 Å². The fraction of sp³-hybridized carbons (Fsp3) is 0.0952. The van der Waals surface area contributed by atoms with Crippen molar-refractivity contribution in [3.05, 3.63) is 72.7 Å². The molecule has 0 atom stereocenters. The van der Waals surface area contributed by atoms with Crippen molar-refractivity contribution in [2.24, 2.45) is 7.05 Å². The lowest BCUT2D eigenvalue weighted by molar-refractivity contribution is 0.262. The minimum Gasteiger partial charge on any atom is -0.457 e. The number of urea groups is 1. The normalized spacial score (nSPS) is 10.6. The molecule has 0 aliphatic carbocycles. The predicted octanol–water partition coefficient (Wildman–Crippen LogP) is 4.71. The molecule has 0 spiro atoms. The molecule has 0 saturated heterocycles. The number of nitrogens with zero attached hydrogens (tertiary/aromatic N) is 3. The van der Waals surface area contributed by atoms with E-state index in [9.17, 15) is 4.79 Å². The Kier molecular flexibility index (Phi) is 4.63. The van der Waals surface area contributed by atoms with E-state index in [2.05, 4.69) is 20.7 Å². The number of anilines is 2. The lowest BCUT2D eigenvalue weighted by Crippen LogP contribution is -2.19. The van der Waals surface area contributed by atoms with E-state index < -0.39 is 0 Å². The largest absolute Gasteiger partial charge is 0.457 e. The average Bonchev–Trinajstić information content (AvgIpc) is 3.04. The van der Waals surface area contributed by atoms with Crippen LogP contribution in [-0.2, 0) is 7.05 Å². The molecule has 7 heteroatoms. The molecule has 2 N–H and O–H groups in total. The third-order valence-corrected chi connectivity index (χ3v) is 4.22. The summed E-state index contributed by atoms with van der Waals surface area (Å²) in [5.74, 6) is 1.40. The van der Waals surface area contributed by atoms with Crippen LogP contribution >= 0.6 is 0 Å². The number of pyridine rings is 1. The zero-order chi connectivity index (χ0) is 19.5. The molecule has 0 aliphatic heterocycles. The number of aryl methyl sites for hydroxylation is 2. The molecular formula is C21H19N5O2. The van der Waals surface area contributed by atoms with Crippen LogP contribution in [0.5, 0.6) is 11.5 Å². The van der Waals surface area contributed by atoms with Crippen LogP contribution < -0.4 is 15.4 Å². The molecule has 0 bridgehead atoms. The number of carbonyl (C=O) groups excluding carboxylic acids is 1. The predicted molar refractivity (Wildman–Crippen MR) is 109 cm³/mol. The van der Waals surface area contributed by atoms with Gasteiger partial charge < -0.3 is 15.4 Å². The van der Waals surface area contributed by atoms with Gasteiger partial charge in [0.2, 0.25) is 0 Å². The summed E-state index contributed by atoms with van der Waals surface area (Å²) >= 11 is 0. The van der Waals surface area contributed by atoms with E-state index in [0.29, 0.717) is 17.1 Å². The molecule has 140 valence electrons. The van der Waals surface area contributed by atoms with Gasteiger partial charge in [0.05, 0.1) is 11.7 Å². The topological polar surface area (TPSA) is 81.1 Å². The number of aromatic nitrogens is 3. The summed E-state index contributed by atoms with van der Waals surface area (Å²) in [6.07, 6.45) is 3.47. The second-order valence-corrected chi connectivity index (χ2v) is 6.38. The lowest BCUT2D eigenvalue weighted by Gasteiger charge is -2.10. The summed E-state index contributed by atoms with van der Waals surface area (Å²) in [7, 11) is 1.88. The Morgan fingerprint density at radius 1 is 0.964 bits per heavy atom. The third-order valence-electron chi connectivity index (χ3n) is 4.22. The van der Waals surface area contributed by atoms with Crippen molar-refractivity contribution in [1.82, 2.24) is 14.8 Å². The van der Waals surface area contributed by atoms with Gasteiger partial charge in [0.15, 0.2) is 0 Å². The van der Waals surface area contributed by atoms with Gasteiger partial charge in [-0.05, 0) is 55.5 Å². The Morgan fingerprint density at radius 3 is 2.50 bits per heavy atom. The quantitative estimate of drug-likeness (QED) is 0.543. The smallest absolute Gasteiger partial charge is 0.323 e. The number of hydrogen-bond donors (Lipinski definition) is 2. The van der Waals surface area contributed by atoms with Gasteiger partial charge >= 0.3 is 6.03 Å². The Morgan fingerprint density at radius 2 is 1.71 bits per heavy atom. The van der Waals surface area contributed by atoms with Crippen molar-refractivity contribution in [3.8, 4) is 11.5 Å². The van der Waals surface area contributed by atoms with Gasteiger partial charge in [-0.2, -0.15) is 5.10 Å². The number of rotatable bonds is 4. The molecule has 2 amide bonds. The van der Waals surface area contributed by atoms with E-state index in [-0.39, 0.29) is 6.03 Å². The number of amides is 2. The minimum absolute atomic E-state index is 0.318. The Labute approximate surface area is 162 Å². The van der Waals surface area contributed by atoms with Gasteiger partial charge in [0.1, 0.15) is 11.5 Å². The molecule has 2 aromatic carbocycles. The summed E-state index contributed by atoms with van der Waals surface area (Å²) < 4.78 is 7.57. The van der Waals surface area contributed by atoms with Gasteiger partial charge in [0.25, 0.3) is 0 Å². The van der Waals surface area contributed by atoms with E-state index in [0.717, 1.165) is 22.3 Å². The summed E-state index contributed by atoms with van der Waals surface area (Å²) in [6.45, 7) is 1.91. The SMILES string of the molecule is Cc1cc(Oc2ccc(NC(=O)Nc3ccc4c(cnn4C)c3)cc2)ccn1. The van der Waals surface area contributed by atoms with Gasteiger partial charge in [0, 0.05) is 41.8 Å². The Hall–Kier alpha value is -3.87. The molecule has 0 aliphatic rings. The van der Waals surface area contributed by atoms with Crippen LogP contribution in [0.2, 0.25) is 0 Å². The molecule has 2 aromatic heterocycles. The highest BCUT2D eigenvalue weighted by Gasteiger charge is 2.06. The monoisotopic (exact) mass is 373 g/mol. The second kappa shape index (κ2) is 7.40. The molecule has 0 unspecified atom stereocenters. The van der Waals surface area contributed by atoms with Crippen LogP contribution in [0.25, 0.3) is 10.9 Å². The fourth-order valence-corrected chi connectivity index (χ4v) is 2.86. The first-order valence-electron chi connectivity index (χ1n) is 8.77. The van der Waals surface area contributed by atoms with E-state index >= 15 is 0 Å².